The van der Waals surface area contributed by atoms with Crippen LogP contribution in [-0.4, -0.2) is 41.3 Å². The maximum atomic E-state index is 11.8. The van der Waals surface area contributed by atoms with Crippen LogP contribution >= 0.6 is 0 Å². The van der Waals surface area contributed by atoms with Crippen LogP contribution in [-0.2, 0) is 9.53 Å². The maximum absolute atomic E-state index is 11.8. The van der Waals surface area contributed by atoms with Gasteiger partial charge < -0.3 is 9.84 Å². The summed E-state index contributed by atoms with van der Waals surface area (Å²) < 4.78 is 4.83. The van der Waals surface area contributed by atoms with E-state index in [1.165, 1.54) is 25.7 Å². The predicted octanol–water partition coefficient (Wildman–Crippen LogP) is 1.30. The molecule has 5 nitrogen and oxygen atoms in total. The Hall–Kier alpha value is -1.10. The number of imide groups is 1. The van der Waals surface area contributed by atoms with Gasteiger partial charge in [-0.25, -0.2) is 9.69 Å². The number of ether oxygens (including phenoxy) is 1. The first-order valence-corrected chi connectivity index (χ1v) is 6.32. The van der Waals surface area contributed by atoms with Gasteiger partial charge in [-0.15, -0.1) is 0 Å². The van der Waals surface area contributed by atoms with Gasteiger partial charge in [0.2, 0.25) is 5.91 Å². The summed E-state index contributed by atoms with van der Waals surface area (Å²) in [5.74, 6) is 0.476. The van der Waals surface area contributed by atoms with Gasteiger partial charge in [0.05, 0.1) is 13.2 Å². The summed E-state index contributed by atoms with van der Waals surface area (Å²) >= 11 is 0. The largest absolute Gasteiger partial charge is 0.441 e. The van der Waals surface area contributed by atoms with Crippen LogP contribution in [0.4, 0.5) is 4.79 Å². The molecule has 0 bridgehead atoms. The maximum Gasteiger partial charge on any atom is 0.417 e. The lowest BCUT2D eigenvalue weighted by molar-refractivity contribution is -0.128. The Kier molecular flexibility index (Phi) is 3.99. The van der Waals surface area contributed by atoms with Crippen LogP contribution in [0.3, 0.4) is 0 Å². The van der Waals surface area contributed by atoms with Crippen molar-refractivity contribution in [2.45, 2.75) is 44.6 Å². The van der Waals surface area contributed by atoms with Crippen molar-refractivity contribution in [3.05, 3.63) is 0 Å². The zero-order valence-electron chi connectivity index (χ0n) is 9.93. The number of carbonyl (C=O) groups excluding carboxylic acids is 2. The van der Waals surface area contributed by atoms with Crippen molar-refractivity contribution in [1.82, 2.24) is 4.90 Å². The third kappa shape index (κ3) is 2.97. The number of hydrogen-bond acceptors (Lipinski definition) is 4. The highest BCUT2D eigenvalue weighted by atomic mass is 16.6. The summed E-state index contributed by atoms with van der Waals surface area (Å²) in [4.78, 5) is 24.3. The Morgan fingerprint density at radius 1 is 1.41 bits per heavy atom. The molecule has 2 fully saturated rings. The lowest BCUT2D eigenvalue weighted by Gasteiger charge is -2.12. The third-order valence-electron chi connectivity index (χ3n) is 3.62. The highest BCUT2D eigenvalue weighted by Gasteiger charge is 2.35. The molecule has 0 aromatic carbocycles. The molecule has 0 aromatic rings. The van der Waals surface area contributed by atoms with E-state index >= 15 is 0 Å². The SMILES string of the molecule is O=C(CCC1CCCC1)N1CC(CO)OC1=O. The number of hydrogen-bond donors (Lipinski definition) is 1. The topological polar surface area (TPSA) is 66.8 Å². The van der Waals surface area contributed by atoms with Crippen LogP contribution in [0.5, 0.6) is 0 Å². The molecular formula is C12H19NO4. The van der Waals surface area contributed by atoms with Gasteiger partial charge in [0, 0.05) is 6.42 Å². The van der Waals surface area contributed by atoms with Crippen LogP contribution in [0.25, 0.3) is 0 Å². The molecule has 1 unspecified atom stereocenters. The van der Waals surface area contributed by atoms with Gasteiger partial charge in [0.15, 0.2) is 0 Å². The molecule has 2 amide bonds. The zero-order chi connectivity index (χ0) is 12.3. The molecule has 0 radical (unpaired) electrons. The number of cyclic esters (lactones) is 1. The fourth-order valence-electron chi connectivity index (χ4n) is 2.58. The number of amides is 2. The summed E-state index contributed by atoms with van der Waals surface area (Å²) in [6.45, 7) is -0.0308. The van der Waals surface area contributed by atoms with Crippen LogP contribution in [0.1, 0.15) is 38.5 Å². The van der Waals surface area contributed by atoms with Crippen LogP contribution in [0.2, 0.25) is 0 Å². The molecule has 1 heterocycles. The molecule has 0 spiro atoms. The van der Waals surface area contributed by atoms with Gasteiger partial charge in [-0.05, 0) is 12.3 Å². The molecule has 2 aliphatic rings. The first-order chi connectivity index (χ1) is 8.20. The normalized spacial score (nSPS) is 25.4. The van der Waals surface area contributed by atoms with Crippen LogP contribution in [0.15, 0.2) is 0 Å². The average molecular weight is 241 g/mol. The summed E-state index contributed by atoms with van der Waals surface area (Å²) in [6, 6.07) is 0. The lowest BCUT2D eigenvalue weighted by Crippen LogP contribution is -2.32. The number of aliphatic hydroxyl groups is 1. The molecule has 2 rings (SSSR count). The van der Waals surface area contributed by atoms with Gasteiger partial charge in [-0.2, -0.15) is 0 Å². The molecule has 17 heavy (non-hydrogen) atoms. The second kappa shape index (κ2) is 5.49. The first-order valence-electron chi connectivity index (χ1n) is 6.32. The second-order valence-corrected chi connectivity index (χ2v) is 4.88. The van der Waals surface area contributed by atoms with Crippen molar-refractivity contribution >= 4 is 12.0 Å². The van der Waals surface area contributed by atoms with Gasteiger partial charge in [0.25, 0.3) is 0 Å². The minimum absolute atomic E-state index is 0.169. The highest BCUT2D eigenvalue weighted by Crippen LogP contribution is 2.29. The summed E-state index contributed by atoms with van der Waals surface area (Å²) in [5, 5.41) is 8.87. The third-order valence-corrected chi connectivity index (χ3v) is 3.62. The van der Waals surface area contributed by atoms with E-state index in [-0.39, 0.29) is 19.1 Å². The van der Waals surface area contributed by atoms with Gasteiger partial charge in [-0.1, -0.05) is 25.7 Å². The quantitative estimate of drug-likeness (QED) is 0.805. The first kappa shape index (κ1) is 12.4. The van der Waals surface area contributed by atoms with E-state index in [1.807, 2.05) is 0 Å². The Labute approximate surface area is 101 Å². The van der Waals surface area contributed by atoms with Crippen molar-refractivity contribution in [1.29, 1.82) is 0 Å². The summed E-state index contributed by atoms with van der Waals surface area (Å²) in [7, 11) is 0. The molecule has 1 atom stereocenters. The fourth-order valence-corrected chi connectivity index (χ4v) is 2.58. The Bertz CT molecular complexity index is 299. The van der Waals surface area contributed by atoms with Gasteiger partial charge in [-0.3, -0.25) is 4.79 Å². The minimum atomic E-state index is -0.611. The monoisotopic (exact) mass is 241 g/mol. The van der Waals surface area contributed by atoms with E-state index < -0.39 is 12.2 Å². The van der Waals surface area contributed by atoms with Crippen molar-refractivity contribution in [2.75, 3.05) is 13.2 Å². The Morgan fingerprint density at radius 3 is 2.71 bits per heavy atom. The molecule has 1 N–H and O–H groups in total. The van der Waals surface area contributed by atoms with E-state index in [2.05, 4.69) is 0 Å². The zero-order valence-corrected chi connectivity index (χ0v) is 9.93. The van der Waals surface area contributed by atoms with E-state index in [0.717, 1.165) is 11.3 Å². The van der Waals surface area contributed by atoms with Crippen LogP contribution in [0, 0.1) is 5.92 Å². The van der Waals surface area contributed by atoms with E-state index in [0.29, 0.717) is 12.3 Å². The van der Waals surface area contributed by atoms with Crippen molar-refractivity contribution in [3.63, 3.8) is 0 Å². The van der Waals surface area contributed by atoms with E-state index in [4.69, 9.17) is 9.84 Å². The van der Waals surface area contributed by atoms with Crippen molar-refractivity contribution < 1.29 is 19.4 Å². The molecule has 0 aromatic heterocycles. The molecule has 96 valence electrons. The van der Waals surface area contributed by atoms with E-state index in [1.54, 1.807) is 0 Å². The number of nitrogens with zero attached hydrogens (tertiary/aromatic N) is 1. The van der Waals surface area contributed by atoms with Crippen molar-refractivity contribution in [3.8, 4) is 0 Å². The Balaban J connectivity index is 1.77. The van der Waals surface area contributed by atoms with E-state index in [9.17, 15) is 9.59 Å². The molecule has 1 aliphatic carbocycles. The molecule has 1 saturated carbocycles. The molecule has 1 aliphatic heterocycles. The minimum Gasteiger partial charge on any atom is -0.441 e. The number of carbonyl (C=O) groups is 2. The fraction of sp³-hybridized carbons (Fsp3) is 0.833. The number of aliphatic hydroxyl groups excluding tert-OH is 1. The summed E-state index contributed by atoms with van der Waals surface area (Å²) in [6.07, 6.45) is 5.06. The standard InChI is InChI=1S/C12H19NO4/c14-8-10-7-13(12(16)17-10)11(15)6-5-9-3-1-2-4-9/h9-10,14H,1-8H2. The second-order valence-electron chi connectivity index (χ2n) is 4.88. The van der Waals surface area contributed by atoms with Crippen molar-refractivity contribution in [2.24, 2.45) is 5.92 Å². The number of rotatable bonds is 4. The van der Waals surface area contributed by atoms with Crippen LogP contribution < -0.4 is 0 Å². The predicted molar refractivity (Wildman–Crippen MR) is 60.3 cm³/mol. The Morgan fingerprint density at radius 2 is 2.12 bits per heavy atom. The molecule has 1 saturated heterocycles. The smallest absolute Gasteiger partial charge is 0.417 e. The molecular weight excluding hydrogens is 222 g/mol. The average Bonchev–Trinajstić information content (AvgIpc) is 2.94. The van der Waals surface area contributed by atoms with Gasteiger partial charge in [0.1, 0.15) is 6.10 Å². The molecule has 5 heteroatoms. The highest BCUT2D eigenvalue weighted by molar-refractivity contribution is 5.93. The lowest BCUT2D eigenvalue weighted by atomic mass is 10.0. The van der Waals surface area contributed by atoms with Gasteiger partial charge >= 0.3 is 6.09 Å². The summed E-state index contributed by atoms with van der Waals surface area (Å²) in [5.41, 5.74) is 0.